The Labute approximate surface area is 186 Å². The molecule has 0 bridgehead atoms. The van der Waals surface area contributed by atoms with Crippen LogP contribution in [0.3, 0.4) is 0 Å². The Balaban J connectivity index is 1.80. The number of amides is 1. The van der Waals surface area contributed by atoms with Crippen LogP contribution in [0, 0.1) is 17.1 Å². The molecule has 5 nitrogen and oxygen atoms in total. The van der Waals surface area contributed by atoms with Gasteiger partial charge >= 0.3 is 0 Å². The maximum Gasteiger partial charge on any atom is 0.253 e. The average molecular weight is 429 g/mol. The van der Waals surface area contributed by atoms with E-state index in [-0.39, 0.29) is 18.6 Å². The van der Waals surface area contributed by atoms with Gasteiger partial charge in [0.05, 0.1) is 11.6 Å². The van der Waals surface area contributed by atoms with E-state index in [0.29, 0.717) is 52.9 Å². The summed E-state index contributed by atoms with van der Waals surface area (Å²) in [7, 11) is 0. The molecule has 1 fully saturated rings. The third-order valence-corrected chi connectivity index (χ3v) is 5.83. The van der Waals surface area contributed by atoms with Crippen LogP contribution in [0.2, 0.25) is 0 Å². The van der Waals surface area contributed by atoms with Crippen LogP contribution in [0.1, 0.15) is 27.9 Å². The van der Waals surface area contributed by atoms with Crippen LogP contribution in [0.15, 0.2) is 60.7 Å². The van der Waals surface area contributed by atoms with E-state index in [0.717, 1.165) is 12.0 Å². The highest BCUT2D eigenvalue weighted by Gasteiger charge is 2.25. The molecule has 0 aromatic heterocycles. The summed E-state index contributed by atoms with van der Waals surface area (Å²) in [6.07, 6.45) is 1.16. The maximum absolute atomic E-state index is 15.0. The van der Waals surface area contributed by atoms with Gasteiger partial charge in [0.15, 0.2) is 0 Å². The normalized spacial score (nSPS) is 15.6. The molecule has 3 N–H and O–H groups in total. The van der Waals surface area contributed by atoms with Gasteiger partial charge in [-0.05, 0) is 65.4 Å². The molecule has 6 heteroatoms. The van der Waals surface area contributed by atoms with E-state index in [1.54, 1.807) is 59.5 Å². The zero-order valence-electron chi connectivity index (χ0n) is 17.6. The third kappa shape index (κ3) is 4.40. The number of benzene rings is 3. The lowest BCUT2D eigenvalue weighted by Gasteiger charge is -2.18. The van der Waals surface area contributed by atoms with Crippen LogP contribution >= 0.6 is 0 Å². The first kappa shape index (κ1) is 21.7. The molecule has 1 aliphatic heterocycles. The van der Waals surface area contributed by atoms with E-state index in [4.69, 9.17) is 16.1 Å². The minimum atomic E-state index is -0.393. The van der Waals surface area contributed by atoms with Crippen molar-refractivity contribution < 1.29 is 14.3 Å². The second-order valence-electron chi connectivity index (χ2n) is 8.04. The van der Waals surface area contributed by atoms with Crippen molar-refractivity contribution in [1.29, 1.82) is 5.26 Å². The molecule has 1 heterocycles. The molecule has 3 aromatic rings. The van der Waals surface area contributed by atoms with Gasteiger partial charge in [-0.25, -0.2) is 4.39 Å². The van der Waals surface area contributed by atoms with Crippen molar-refractivity contribution in [3.63, 3.8) is 0 Å². The first-order valence-electron chi connectivity index (χ1n) is 10.6. The van der Waals surface area contributed by atoms with E-state index < -0.39 is 5.82 Å². The predicted octanol–water partition coefficient (Wildman–Crippen LogP) is 3.74. The summed E-state index contributed by atoms with van der Waals surface area (Å²) in [5.74, 6) is -0.492. The molecule has 1 aliphatic rings. The van der Waals surface area contributed by atoms with E-state index >= 15 is 4.39 Å². The van der Waals surface area contributed by atoms with Gasteiger partial charge in [-0.2, -0.15) is 5.26 Å². The first-order chi connectivity index (χ1) is 15.5. The highest BCUT2D eigenvalue weighted by Crippen LogP contribution is 2.35. The highest BCUT2D eigenvalue weighted by atomic mass is 19.1. The molecule has 4 rings (SSSR count). The Kier molecular flexibility index (Phi) is 6.31. The number of nitrogens with two attached hydrogens (primary N) is 1. The quantitative estimate of drug-likeness (QED) is 0.647. The van der Waals surface area contributed by atoms with Gasteiger partial charge in [-0.3, -0.25) is 4.79 Å². The number of hydrogen-bond donors (Lipinski definition) is 2. The zero-order valence-corrected chi connectivity index (χ0v) is 17.6. The number of carbonyl (C=O) groups is 1. The van der Waals surface area contributed by atoms with Gasteiger partial charge in [0, 0.05) is 36.9 Å². The van der Waals surface area contributed by atoms with Gasteiger partial charge in [-0.1, -0.05) is 30.3 Å². The Morgan fingerprint density at radius 2 is 1.84 bits per heavy atom. The molecule has 3 aromatic carbocycles. The number of nitriles is 1. The van der Waals surface area contributed by atoms with Crippen molar-refractivity contribution >= 4 is 5.91 Å². The summed E-state index contributed by atoms with van der Waals surface area (Å²) < 4.78 is 15.0. The Hall–Kier alpha value is -3.53. The Bertz CT molecular complexity index is 1180. The van der Waals surface area contributed by atoms with Crippen molar-refractivity contribution in [2.24, 2.45) is 5.73 Å². The second kappa shape index (κ2) is 9.31. The van der Waals surface area contributed by atoms with E-state index in [1.165, 1.54) is 6.07 Å². The molecule has 1 saturated heterocycles. The van der Waals surface area contributed by atoms with Crippen LogP contribution < -0.4 is 5.73 Å². The van der Waals surface area contributed by atoms with Gasteiger partial charge < -0.3 is 15.7 Å². The number of aliphatic hydroxyl groups is 1. The summed E-state index contributed by atoms with van der Waals surface area (Å²) in [6.45, 7) is 1.09. The number of halogens is 1. The number of rotatable bonds is 5. The first-order valence-corrected chi connectivity index (χ1v) is 10.6. The summed E-state index contributed by atoms with van der Waals surface area (Å²) in [6, 6.07) is 19.3. The number of aliphatic hydroxyl groups excluding tert-OH is 1. The highest BCUT2D eigenvalue weighted by molar-refractivity contribution is 5.98. The lowest BCUT2D eigenvalue weighted by atomic mass is 9.91. The fraction of sp³-hybridized carbons (Fsp3) is 0.231. The molecule has 0 unspecified atom stereocenters. The van der Waals surface area contributed by atoms with E-state index in [2.05, 4.69) is 6.07 Å². The monoisotopic (exact) mass is 429 g/mol. The summed E-state index contributed by atoms with van der Waals surface area (Å²) in [5.41, 5.74) is 10.3. The molecule has 0 spiro atoms. The predicted molar refractivity (Wildman–Crippen MR) is 121 cm³/mol. The van der Waals surface area contributed by atoms with Crippen LogP contribution in [0.25, 0.3) is 22.3 Å². The minimum Gasteiger partial charge on any atom is -0.396 e. The minimum absolute atomic E-state index is 0.0113. The van der Waals surface area contributed by atoms with Gasteiger partial charge in [0.25, 0.3) is 5.91 Å². The number of hydrogen-bond acceptors (Lipinski definition) is 4. The summed E-state index contributed by atoms with van der Waals surface area (Å²) in [4.78, 5) is 14.8. The lowest BCUT2D eigenvalue weighted by Crippen LogP contribution is -2.31. The van der Waals surface area contributed by atoms with Crippen LogP contribution in [-0.4, -0.2) is 41.7 Å². The topological polar surface area (TPSA) is 90.4 Å². The van der Waals surface area contributed by atoms with Gasteiger partial charge in [-0.15, -0.1) is 0 Å². The molecule has 162 valence electrons. The van der Waals surface area contributed by atoms with Gasteiger partial charge in [0.1, 0.15) is 5.82 Å². The Morgan fingerprint density at radius 1 is 1.09 bits per heavy atom. The van der Waals surface area contributed by atoms with E-state index in [9.17, 15) is 4.79 Å². The summed E-state index contributed by atoms with van der Waals surface area (Å²) >= 11 is 0. The lowest BCUT2D eigenvalue weighted by molar-refractivity contribution is 0.0791. The molecule has 1 atom stereocenters. The van der Waals surface area contributed by atoms with Crippen molar-refractivity contribution in [2.45, 2.75) is 18.9 Å². The van der Waals surface area contributed by atoms with Crippen LogP contribution in [0.4, 0.5) is 4.39 Å². The van der Waals surface area contributed by atoms with Crippen molar-refractivity contribution in [3.8, 4) is 28.3 Å². The number of likely N-dealkylation sites (tertiary alicyclic amines) is 1. The Morgan fingerprint density at radius 3 is 2.47 bits per heavy atom. The molecule has 1 amide bonds. The van der Waals surface area contributed by atoms with Crippen LogP contribution in [-0.2, 0) is 6.42 Å². The zero-order chi connectivity index (χ0) is 22.7. The summed E-state index contributed by atoms with van der Waals surface area (Å²) in [5, 5.41) is 18.3. The smallest absolute Gasteiger partial charge is 0.253 e. The molecule has 32 heavy (non-hydrogen) atoms. The average Bonchev–Trinajstić information content (AvgIpc) is 3.25. The van der Waals surface area contributed by atoms with Crippen molar-refractivity contribution in [1.82, 2.24) is 4.90 Å². The van der Waals surface area contributed by atoms with Gasteiger partial charge in [0.2, 0.25) is 0 Å². The maximum atomic E-state index is 15.0. The molecular formula is C26H24FN3O2. The molecular weight excluding hydrogens is 405 g/mol. The number of carbonyl (C=O) groups excluding carboxylic acids is 1. The standard InChI is InChI=1S/C26H24FN3O2/c27-25-13-17(10-12-31)3-7-23(25)22-8-6-20(26(32)30-11-9-21(29)16-30)14-24(22)19-4-1-18(15-28)2-5-19/h1-8,13-14,21,31H,9-12,16,29H2/t21-/m0/s1. The fourth-order valence-corrected chi connectivity index (χ4v) is 4.09. The SMILES string of the molecule is N#Cc1ccc(-c2cc(C(=O)N3CC[C@H](N)C3)ccc2-c2ccc(CCO)cc2F)cc1. The fourth-order valence-electron chi connectivity index (χ4n) is 4.09. The molecule has 0 radical (unpaired) electrons. The van der Waals surface area contributed by atoms with Crippen molar-refractivity contribution in [3.05, 3.63) is 83.2 Å². The third-order valence-electron chi connectivity index (χ3n) is 5.83. The second-order valence-corrected chi connectivity index (χ2v) is 8.04. The van der Waals surface area contributed by atoms with Crippen LogP contribution in [0.5, 0.6) is 0 Å². The molecule has 0 aliphatic carbocycles. The van der Waals surface area contributed by atoms with Crippen molar-refractivity contribution in [2.75, 3.05) is 19.7 Å². The van der Waals surface area contributed by atoms with E-state index in [1.807, 2.05) is 0 Å². The molecule has 0 saturated carbocycles. The number of nitrogens with zero attached hydrogens (tertiary/aromatic N) is 2. The largest absolute Gasteiger partial charge is 0.396 e.